The van der Waals surface area contributed by atoms with E-state index >= 15 is 0 Å². The van der Waals surface area contributed by atoms with E-state index in [9.17, 15) is 19.2 Å². The Balaban J connectivity index is 0.000000161. The largest absolute Gasteiger partial charge is 0.323 e. The third-order valence-electron chi connectivity index (χ3n) is 9.42. The average Bonchev–Trinajstić information content (AvgIpc) is 3.56. The molecule has 0 spiro atoms. The van der Waals surface area contributed by atoms with Gasteiger partial charge in [0.1, 0.15) is 0 Å². The van der Waals surface area contributed by atoms with Crippen molar-refractivity contribution in [3.05, 3.63) is 144 Å². The van der Waals surface area contributed by atoms with Gasteiger partial charge in [-0.05, 0) is 61.4 Å². The summed E-state index contributed by atoms with van der Waals surface area (Å²) in [6, 6.07) is 27.8. The lowest BCUT2D eigenvalue weighted by Gasteiger charge is -2.22. The highest BCUT2D eigenvalue weighted by Crippen LogP contribution is 2.64. The minimum absolute atomic E-state index is 0.00980. The SMILES string of the molecule is C/C(=N\N)c1cccnc1.CC1(c2cccnc2)C2C(=O)N(CCCc3ccccc3)C(=O)C21.O=C1C=CC(=O)N1CCCc1ccccc1. The third-order valence-corrected chi connectivity index (χ3v) is 9.42. The molecule has 10 heteroatoms. The van der Waals surface area contributed by atoms with E-state index in [0.717, 1.165) is 42.5 Å². The normalized spacial score (nSPS) is 20.6. The van der Waals surface area contributed by atoms with Crippen LogP contribution >= 0.6 is 0 Å². The Morgan fingerprint density at radius 3 is 1.66 bits per heavy atom. The van der Waals surface area contributed by atoms with E-state index in [-0.39, 0.29) is 40.9 Å². The highest BCUT2D eigenvalue weighted by molar-refractivity contribution is 6.13. The second-order valence-electron chi connectivity index (χ2n) is 12.6. The molecule has 3 aliphatic rings. The molecule has 1 saturated heterocycles. The zero-order valence-corrected chi connectivity index (χ0v) is 28.4. The van der Waals surface area contributed by atoms with E-state index in [1.807, 2.05) is 86.6 Å². The van der Waals surface area contributed by atoms with Crippen LogP contribution in [0.5, 0.6) is 0 Å². The molecule has 10 nitrogen and oxygen atoms in total. The molecule has 7 rings (SSSR count). The van der Waals surface area contributed by atoms with Crippen molar-refractivity contribution in [3.63, 3.8) is 0 Å². The fraction of sp³-hybridized carbons (Fsp3) is 0.275. The standard InChI is InChI=1S/C20H20N2O2.C13H13NO2.C7H9N3/c1-20(15-10-5-11-21-13-15)16-17(20)19(24)22(18(16)23)12-6-9-14-7-3-2-4-8-14;15-12-8-9-13(16)14(12)10-4-7-11-5-2-1-3-6-11;1-6(10-8)7-3-2-4-9-5-7/h2-5,7-8,10-11,13,16-17H,6,9,12H2,1H3;1-3,5-6,8-9H,4,7,10H2;2-5H,8H2,1H3/b;;10-6+. The molecule has 4 heterocycles. The van der Waals surface area contributed by atoms with Crippen LogP contribution in [0.4, 0.5) is 0 Å². The van der Waals surface area contributed by atoms with E-state index in [0.29, 0.717) is 13.1 Å². The van der Waals surface area contributed by atoms with Crippen LogP contribution < -0.4 is 5.84 Å². The van der Waals surface area contributed by atoms with Crippen LogP contribution in [0.2, 0.25) is 0 Å². The molecule has 2 aliphatic heterocycles. The number of rotatable bonds is 10. The number of hydrazone groups is 1. The number of hydrogen-bond donors (Lipinski definition) is 1. The minimum atomic E-state index is -0.363. The third kappa shape index (κ3) is 8.26. The predicted octanol–water partition coefficient (Wildman–Crippen LogP) is 4.90. The number of hydrogen-bond acceptors (Lipinski definition) is 8. The molecule has 1 aliphatic carbocycles. The lowest BCUT2D eigenvalue weighted by molar-refractivity contribution is -0.142. The molecule has 0 bridgehead atoms. The zero-order valence-electron chi connectivity index (χ0n) is 28.4. The second kappa shape index (κ2) is 16.6. The average molecular weight is 671 g/mol. The van der Waals surface area contributed by atoms with Gasteiger partial charge in [-0.2, -0.15) is 5.10 Å². The predicted molar refractivity (Wildman–Crippen MR) is 191 cm³/mol. The maximum Gasteiger partial charge on any atom is 0.253 e. The van der Waals surface area contributed by atoms with Gasteiger partial charge in [-0.3, -0.25) is 38.9 Å². The highest BCUT2D eigenvalue weighted by Gasteiger charge is 2.75. The molecule has 1 saturated carbocycles. The van der Waals surface area contributed by atoms with Crippen LogP contribution in [0, 0.1) is 11.8 Å². The van der Waals surface area contributed by atoms with Gasteiger partial charge in [-0.25, -0.2) is 0 Å². The Hall–Kier alpha value is -5.77. The van der Waals surface area contributed by atoms with Crippen molar-refractivity contribution in [1.82, 2.24) is 19.8 Å². The number of carbonyl (C=O) groups excluding carboxylic acids is 4. The van der Waals surface area contributed by atoms with Gasteiger partial charge in [0.25, 0.3) is 11.8 Å². The summed E-state index contributed by atoms with van der Waals surface area (Å²) in [5.41, 5.74) is 4.86. The number of imide groups is 2. The molecule has 50 heavy (non-hydrogen) atoms. The number of aromatic nitrogens is 2. The van der Waals surface area contributed by atoms with Gasteiger partial charge in [-0.15, -0.1) is 0 Å². The fourth-order valence-electron chi connectivity index (χ4n) is 6.49. The molecule has 4 amide bonds. The number of aryl methyl sites for hydroxylation is 2. The molecule has 4 aromatic rings. The first-order chi connectivity index (χ1) is 24.3. The van der Waals surface area contributed by atoms with Crippen molar-refractivity contribution in [2.24, 2.45) is 22.8 Å². The number of fused-ring (bicyclic) bond motifs is 1. The molecular weight excluding hydrogens is 628 g/mol. The van der Waals surface area contributed by atoms with Gasteiger partial charge in [0.15, 0.2) is 0 Å². The lowest BCUT2D eigenvalue weighted by atomic mass is 9.93. The van der Waals surface area contributed by atoms with Gasteiger partial charge < -0.3 is 5.84 Å². The number of pyridine rings is 2. The van der Waals surface area contributed by atoms with Crippen molar-refractivity contribution >= 4 is 29.3 Å². The number of benzene rings is 2. The van der Waals surface area contributed by atoms with E-state index < -0.39 is 0 Å². The summed E-state index contributed by atoms with van der Waals surface area (Å²) in [5.74, 6) is 4.25. The molecule has 2 aromatic heterocycles. The van der Waals surface area contributed by atoms with Crippen molar-refractivity contribution < 1.29 is 19.2 Å². The van der Waals surface area contributed by atoms with Gasteiger partial charge in [0.05, 0.1) is 17.5 Å². The molecule has 2 atom stereocenters. The molecule has 2 aromatic carbocycles. The monoisotopic (exact) mass is 670 g/mol. The smallest absolute Gasteiger partial charge is 0.253 e. The molecule has 2 N–H and O–H groups in total. The number of nitrogens with two attached hydrogens (primary N) is 1. The summed E-state index contributed by atoms with van der Waals surface area (Å²) >= 11 is 0. The second-order valence-corrected chi connectivity index (χ2v) is 12.6. The van der Waals surface area contributed by atoms with Crippen LogP contribution in [-0.2, 0) is 37.4 Å². The summed E-state index contributed by atoms with van der Waals surface area (Å²) in [6.07, 6.45) is 13.0. The van der Waals surface area contributed by atoms with Crippen molar-refractivity contribution in [2.75, 3.05) is 13.1 Å². The van der Waals surface area contributed by atoms with Crippen molar-refractivity contribution in [1.29, 1.82) is 0 Å². The molecule has 256 valence electrons. The van der Waals surface area contributed by atoms with E-state index in [1.165, 1.54) is 33.1 Å². The maximum absolute atomic E-state index is 12.7. The van der Waals surface area contributed by atoms with Crippen molar-refractivity contribution in [3.8, 4) is 0 Å². The molecular formula is C40H42N6O4. The Labute approximate surface area is 292 Å². The van der Waals surface area contributed by atoms with Gasteiger partial charge in [0, 0.05) is 61.0 Å². The summed E-state index contributed by atoms with van der Waals surface area (Å²) < 4.78 is 0. The van der Waals surface area contributed by atoms with Gasteiger partial charge >= 0.3 is 0 Å². The van der Waals surface area contributed by atoms with Crippen LogP contribution in [0.3, 0.4) is 0 Å². The first-order valence-electron chi connectivity index (χ1n) is 16.8. The number of carbonyl (C=O) groups is 4. The highest BCUT2D eigenvalue weighted by atomic mass is 16.2. The van der Waals surface area contributed by atoms with Crippen molar-refractivity contribution in [2.45, 2.75) is 44.9 Å². The van der Waals surface area contributed by atoms with Crippen LogP contribution in [-0.4, -0.2) is 62.2 Å². The number of piperidine rings is 1. The first-order valence-corrected chi connectivity index (χ1v) is 16.8. The summed E-state index contributed by atoms with van der Waals surface area (Å²) in [7, 11) is 0. The maximum atomic E-state index is 12.7. The topological polar surface area (TPSA) is 139 Å². The summed E-state index contributed by atoms with van der Waals surface area (Å²) in [4.78, 5) is 58.6. The summed E-state index contributed by atoms with van der Waals surface area (Å²) in [5, 5.41) is 3.54. The molecule has 0 radical (unpaired) electrons. The Kier molecular flexibility index (Phi) is 11.8. The minimum Gasteiger partial charge on any atom is -0.323 e. The van der Waals surface area contributed by atoms with Crippen LogP contribution in [0.25, 0.3) is 0 Å². The van der Waals surface area contributed by atoms with Crippen LogP contribution in [0.1, 0.15) is 48.9 Å². The van der Waals surface area contributed by atoms with Gasteiger partial charge in [0.2, 0.25) is 11.8 Å². The zero-order chi connectivity index (χ0) is 35.5. The van der Waals surface area contributed by atoms with E-state index in [4.69, 9.17) is 5.84 Å². The Morgan fingerprint density at radius 2 is 1.20 bits per heavy atom. The van der Waals surface area contributed by atoms with E-state index in [2.05, 4.69) is 27.2 Å². The number of amides is 4. The molecule has 2 fully saturated rings. The number of nitrogens with zero attached hydrogens (tertiary/aromatic N) is 5. The van der Waals surface area contributed by atoms with E-state index in [1.54, 1.807) is 24.8 Å². The van der Waals surface area contributed by atoms with Gasteiger partial charge in [-0.1, -0.05) is 79.7 Å². The fourth-order valence-corrected chi connectivity index (χ4v) is 6.49. The first kappa shape index (κ1) is 35.5. The Bertz CT molecular complexity index is 1790. The number of likely N-dealkylation sites (tertiary alicyclic amines) is 1. The Morgan fingerprint density at radius 1 is 0.700 bits per heavy atom. The summed E-state index contributed by atoms with van der Waals surface area (Å²) in [6.45, 7) is 4.87. The molecule has 2 unspecified atom stereocenters. The lowest BCUT2D eigenvalue weighted by Crippen LogP contribution is -2.38. The quantitative estimate of drug-likeness (QED) is 0.110. The van der Waals surface area contributed by atoms with Crippen LogP contribution in [0.15, 0.2) is 127 Å².